The van der Waals surface area contributed by atoms with Crippen LogP contribution in [0.4, 0.5) is 0 Å². The Morgan fingerprint density at radius 2 is 1.12 bits per heavy atom. The molecule has 4 atom stereocenters. The first kappa shape index (κ1) is 29.4. The van der Waals surface area contributed by atoms with E-state index in [0.717, 1.165) is 64.2 Å². The first-order valence-electron chi connectivity index (χ1n) is 12.5. The van der Waals surface area contributed by atoms with Gasteiger partial charge in [-0.3, -0.25) is 14.4 Å². The van der Waals surface area contributed by atoms with Gasteiger partial charge < -0.3 is 25.5 Å². The fraction of sp³-hybridized carbons (Fsp3) is 0.880. The summed E-state index contributed by atoms with van der Waals surface area (Å²) >= 11 is 0. The van der Waals surface area contributed by atoms with Crippen LogP contribution in [0, 0.1) is 0 Å². The molecule has 4 unspecified atom stereocenters. The molecule has 0 aromatic heterocycles. The third-order valence-corrected chi connectivity index (χ3v) is 7.00. The summed E-state index contributed by atoms with van der Waals surface area (Å²) in [5.74, 6) is -0.472. The Hall–Kier alpha value is -1.67. The van der Waals surface area contributed by atoms with Gasteiger partial charge in [0.1, 0.15) is 0 Å². The number of carbonyl (C=O) groups excluding carboxylic acids is 2. The Balaban J connectivity index is 0.000000293. The molecule has 8 nitrogen and oxygen atoms in total. The van der Waals surface area contributed by atoms with Crippen LogP contribution < -0.4 is 10.6 Å². The summed E-state index contributed by atoms with van der Waals surface area (Å²) < 4.78 is 0. The van der Waals surface area contributed by atoms with E-state index < -0.39 is 5.97 Å². The highest BCUT2D eigenvalue weighted by Gasteiger charge is 2.33. The molecule has 0 aromatic carbocycles. The number of rotatable bonds is 4. The molecule has 4 rings (SSSR count). The second-order valence-corrected chi connectivity index (χ2v) is 9.59. The molecule has 2 amide bonds. The summed E-state index contributed by atoms with van der Waals surface area (Å²) in [7, 11) is 0. The monoisotopic (exact) mass is 468 g/mol. The summed E-state index contributed by atoms with van der Waals surface area (Å²) in [6, 6.07) is 2.37. The average molecular weight is 469 g/mol. The molecule has 4 saturated heterocycles. The number of likely N-dealkylation sites (tertiary alicyclic amines) is 2. The number of carboxylic acid groups (broad SMARTS) is 1. The zero-order valence-electron chi connectivity index (χ0n) is 20.3. The van der Waals surface area contributed by atoms with E-state index in [1.54, 1.807) is 13.8 Å². The van der Waals surface area contributed by atoms with Crippen LogP contribution in [0.2, 0.25) is 0 Å². The summed E-state index contributed by atoms with van der Waals surface area (Å²) in [4.78, 5) is 35.9. The highest BCUT2D eigenvalue weighted by Crippen LogP contribution is 2.28. The van der Waals surface area contributed by atoms with Crippen LogP contribution in [0.1, 0.15) is 92.4 Å². The lowest BCUT2D eigenvalue weighted by Crippen LogP contribution is -2.41. The van der Waals surface area contributed by atoms with Crippen molar-refractivity contribution in [3.05, 3.63) is 0 Å². The summed E-state index contributed by atoms with van der Waals surface area (Å²) in [5, 5.41) is 14.5. The van der Waals surface area contributed by atoms with Crippen LogP contribution in [-0.2, 0) is 14.4 Å². The van der Waals surface area contributed by atoms with Crippen molar-refractivity contribution in [1.82, 2.24) is 20.4 Å². The fourth-order valence-corrected chi connectivity index (χ4v) is 5.56. The minimum atomic E-state index is -0.833. The van der Waals surface area contributed by atoms with E-state index in [1.165, 1.54) is 45.2 Å². The van der Waals surface area contributed by atoms with E-state index >= 15 is 0 Å². The third kappa shape index (κ3) is 10.4. The Labute approximate surface area is 200 Å². The number of amides is 2. The molecule has 0 saturated carbocycles. The van der Waals surface area contributed by atoms with Crippen molar-refractivity contribution >= 4 is 17.8 Å². The number of carbonyl (C=O) groups is 3. The van der Waals surface area contributed by atoms with Crippen LogP contribution in [0.5, 0.6) is 0 Å². The molecule has 4 aliphatic heterocycles. The first-order chi connectivity index (χ1) is 15.3. The maximum Gasteiger partial charge on any atom is 0.300 e. The summed E-state index contributed by atoms with van der Waals surface area (Å²) in [6.45, 7) is 8.67. The smallest absolute Gasteiger partial charge is 0.300 e. The molecule has 4 aliphatic rings. The molecular weight excluding hydrogens is 420 g/mol. The number of nitrogens with one attached hydrogen (secondary N) is 2. The van der Waals surface area contributed by atoms with E-state index in [-0.39, 0.29) is 19.2 Å². The molecule has 192 valence electrons. The van der Waals surface area contributed by atoms with Gasteiger partial charge in [0.25, 0.3) is 5.97 Å². The minimum absolute atomic E-state index is 0. The molecular formula is C25H48N4O4. The summed E-state index contributed by atoms with van der Waals surface area (Å²) in [6.07, 6.45) is 12.3. The lowest BCUT2D eigenvalue weighted by Gasteiger charge is -2.30. The number of carboxylic acids is 1. The highest BCUT2D eigenvalue weighted by molar-refractivity contribution is 5.74. The van der Waals surface area contributed by atoms with Gasteiger partial charge >= 0.3 is 0 Å². The maximum absolute atomic E-state index is 11.5. The molecule has 4 heterocycles. The normalized spacial score (nSPS) is 28.3. The first-order valence-corrected chi connectivity index (χ1v) is 12.5. The van der Waals surface area contributed by atoms with Gasteiger partial charge in [-0.2, -0.15) is 0 Å². The number of hydrogen-bond donors (Lipinski definition) is 3. The molecule has 0 spiro atoms. The van der Waals surface area contributed by atoms with Crippen molar-refractivity contribution in [2.75, 3.05) is 26.2 Å². The van der Waals surface area contributed by atoms with Gasteiger partial charge in [-0.15, -0.1) is 0 Å². The van der Waals surface area contributed by atoms with Gasteiger partial charge in [-0.25, -0.2) is 0 Å². The van der Waals surface area contributed by atoms with Gasteiger partial charge in [-0.1, -0.05) is 7.43 Å². The van der Waals surface area contributed by atoms with Gasteiger partial charge in [-0.05, 0) is 77.3 Å². The van der Waals surface area contributed by atoms with Crippen molar-refractivity contribution in [3.8, 4) is 0 Å². The van der Waals surface area contributed by atoms with Gasteiger partial charge in [0.2, 0.25) is 11.8 Å². The predicted octanol–water partition coefficient (Wildman–Crippen LogP) is 3.01. The molecule has 3 N–H and O–H groups in total. The SMILES string of the molecule is C.C1CNC(CC2CCCN2)C1.CC(=O)N1CCCC1CC1CCCN1C(C)=O.CC(=O)O. The third-order valence-electron chi connectivity index (χ3n) is 7.00. The Morgan fingerprint density at radius 3 is 1.42 bits per heavy atom. The lowest BCUT2D eigenvalue weighted by molar-refractivity contribution is -0.134. The zero-order chi connectivity index (χ0) is 23.5. The largest absolute Gasteiger partial charge is 0.481 e. The van der Waals surface area contributed by atoms with Crippen LogP contribution >= 0.6 is 0 Å². The standard InChI is InChI=1S/C13H22N2O2.C9H18N2.C2H4O2.CH4/c1-10(16)14-7-3-5-12(14)9-13-6-4-8-15(13)11(2)17;1-3-8(10-5-1)7-9-4-2-6-11-9;1-2(3)4;/h12-13H,3-9H2,1-2H3;8-11H,1-7H2;1H3,(H,3,4);1H4. The van der Waals surface area contributed by atoms with E-state index in [2.05, 4.69) is 10.6 Å². The molecule has 0 aliphatic carbocycles. The Kier molecular flexibility index (Phi) is 13.6. The van der Waals surface area contributed by atoms with E-state index in [1.807, 2.05) is 9.80 Å². The molecule has 8 heteroatoms. The van der Waals surface area contributed by atoms with Crippen LogP contribution in [0.25, 0.3) is 0 Å². The molecule has 0 bridgehead atoms. The van der Waals surface area contributed by atoms with E-state index in [4.69, 9.17) is 9.90 Å². The topological polar surface area (TPSA) is 102 Å². The second-order valence-electron chi connectivity index (χ2n) is 9.59. The predicted molar refractivity (Wildman–Crippen MR) is 132 cm³/mol. The average Bonchev–Trinajstić information content (AvgIpc) is 3.51. The van der Waals surface area contributed by atoms with Crippen molar-refractivity contribution in [2.24, 2.45) is 0 Å². The van der Waals surface area contributed by atoms with Crippen molar-refractivity contribution < 1.29 is 19.5 Å². The maximum atomic E-state index is 11.5. The molecule has 4 fully saturated rings. The minimum Gasteiger partial charge on any atom is -0.481 e. The van der Waals surface area contributed by atoms with Crippen molar-refractivity contribution in [2.45, 2.75) is 117 Å². The van der Waals surface area contributed by atoms with Gasteiger partial charge in [0.15, 0.2) is 0 Å². The number of nitrogens with zero attached hydrogens (tertiary/aromatic N) is 2. The lowest BCUT2D eigenvalue weighted by atomic mass is 10.0. The Bertz CT molecular complexity index is 555. The highest BCUT2D eigenvalue weighted by atomic mass is 16.4. The second kappa shape index (κ2) is 15.3. The molecule has 0 radical (unpaired) electrons. The number of aliphatic carboxylic acids is 1. The molecule has 0 aromatic rings. The molecule has 33 heavy (non-hydrogen) atoms. The van der Waals surface area contributed by atoms with Crippen LogP contribution in [0.15, 0.2) is 0 Å². The van der Waals surface area contributed by atoms with E-state index in [9.17, 15) is 9.59 Å². The fourth-order valence-electron chi connectivity index (χ4n) is 5.56. The van der Waals surface area contributed by atoms with Crippen molar-refractivity contribution in [3.63, 3.8) is 0 Å². The zero-order valence-corrected chi connectivity index (χ0v) is 20.3. The van der Waals surface area contributed by atoms with Gasteiger partial charge in [0.05, 0.1) is 0 Å². The van der Waals surface area contributed by atoms with Crippen molar-refractivity contribution in [1.29, 1.82) is 0 Å². The van der Waals surface area contributed by atoms with Gasteiger partial charge in [0, 0.05) is 58.0 Å². The quantitative estimate of drug-likeness (QED) is 0.586. The number of hydrogen-bond acceptors (Lipinski definition) is 5. The van der Waals surface area contributed by atoms with Crippen LogP contribution in [-0.4, -0.2) is 83.0 Å². The summed E-state index contributed by atoms with van der Waals surface area (Å²) in [5.41, 5.74) is 0. The van der Waals surface area contributed by atoms with E-state index in [0.29, 0.717) is 12.1 Å². The van der Waals surface area contributed by atoms with Crippen LogP contribution in [0.3, 0.4) is 0 Å². The Morgan fingerprint density at radius 1 is 0.727 bits per heavy atom.